The Morgan fingerprint density at radius 3 is 2.75 bits per heavy atom. The highest BCUT2D eigenvalue weighted by Crippen LogP contribution is 2.15. The van der Waals surface area contributed by atoms with Crippen LogP contribution < -0.4 is 5.73 Å². The van der Waals surface area contributed by atoms with Crippen LogP contribution in [-0.2, 0) is 13.0 Å². The van der Waals surface area contributed by atoms with E-state index in [4.69, 9.17) is 5.73 Å². The van der Waals surface area contributed by atoms with Crippen LogP contribution in [0, 0.1) is 0 Å². The number of nitrogens with two attached hydrogens (primary N) is 1. The molecule has 0 spiro atoms. The second-order valence-electron chi connectivity index (χ2n) is 4.04. The number of aromatic nitrogens is 2. The Morgan fingerprint density at radius 1 is 1.31 bits per heavy atom. The van der Waals surface area contributed by atoms with Crippen molar-refractivity contribution in [2.75, 3.05) is 0 Å². The smallest absolute Gasteiger partial charge is 0.0951 e. The molecule has 0 bridgehead atoms. The summed E-state index contributed by atoms with van der Waals surface area (Å²) in [6.45, 7) is 2.73. The minimum atomic E-state index is 0.392. The molecule has 0 saturated heterocycles. The third kappa shape index (κ3) is 2.31. The maximum atomic E-state index is 5.67. The molecule has 1 aromatic heterocycles. The van der Waals surface area contributed by atoms with E-state index in [1.165, 1.54) is 5.56 Å². The molecule has 0 aliphatic heterocycles. The Kier molecular flexibility index (Phi) is 3.37. The van der Waals surface area contributed by atoms with E-state index in [9.17, 15) is 0 Å². The van der Waals surface area contributed by atoms with E-state index in [0.717, 1.165) is 12.1 Å². The zero-order chi connectivity index (χ0) is 11.4. The summed E-state index contributed by atoms with van der Waals surface area (Å²) in [5.41, 5.74) is 8.09. The number of nitrogens with zero attached hydrogens (tertiary/aromatic N) is 2. The average Bonchev–Trinajstić information content (AvgIpc) is 2.78. The number of benzene rings is 1. The first kappa shape index (κ1) is 10.9. The summed E-state index contributed by atoms with van der Waals surface area (Å²) in [5.74, 6) is 0. The lowest BCUT2D eigenvalue weighted by molar-refractivity contribution is 0.525. The van der Waals surface area contributed by atoms with Crippen molar-refractivity contribution < 1.29 is 0 Å². The molecule has 1 unspecified atom stereocenters. The van der Waals surface area contributed by atoms with E-state index < -0.39 is 0 Å². The molecule has 2 rings (SSSR count). The summed E-state index contributed by atoms with van der Waals surface area (Å²) in [5, 5.41) is 0. The number of hydrogen-bond donors (Lipinski definition) is 1. The minimum Gasteiger partial charge on any atom is -0.330 e. The predicted molar refractivity (Wildman–Crippen MR) is 65.0 cm³/mol. The van der Waals surface area contributed by atoms with Crippen LogP contribution in [0.3, 0.4) is 0 Å². The van der Waals surface area contributed by atoms with Gasteiger partial charge in [-0.2, -0.15) is 0 Å². The fraction of sp³-hybridized carbons (Fsp3) is 0.308. The van der Waals surface area contributed by atoms with Crippen molar-refractivity contribution in [3.8, 4) is 0 Å². The van der Waals surface area contributed by atoms with E-state index in [1.807, 2.05) is 18.6 Å². The highest BCUT2D eigenvalue weighted by Gasteiger charge is 2.08. The molecule has 0 aliphatic rings. The van der Waals surface area contributed by atoms with Gasteiger partial charge in [-0.3, -0.25) is 0 Å². The molecule has 1 atom stereocenters. The Balaban J connectivity index is 2.11. The fourth-order valence-electron chi connectivity index (χ4n) is 1.94. The van der Waals surface area contributed by atoms with Crippen LogP contribution in [0.4, 0.5) is 0 Å². The van der Waals surface area contributed by atoms with Gasteiger partial charge >= 0.3 is 0 Å². The van der Waals surface area contributed by atoms with Gasteiger partial charge in [-0.25, -0.2) is 4.98 Å². The summed E-state index contributed by atoms with van der Waals surface area (Å²) in [7, 11) is 0. The predicted octanol–water partition coefficient (Wildman–Crippen LogP) is 2.15. The van der Waals surface area contributed by atoms with Crippen LogP contribution in [-0.4, -0.2) is 9.55 Å². The fourth-order valence-corrected chi connectivity index (χ4v) is 1.94. The highest BCUT2D eigenvalue weighted by atomic mass is 15.1. The molecule has 0 saturated carbocycles. The first-order chi connectivity index (χ1) is 7.81. The van der Waals surface area contributed by atoms with Crippen molar-refractivity contribution in [2.45, 2.75) is 25.9 Å². The SMILES string of the molecule is CC(Cc1ccccc1)n1cncc1CN. The van der Waals surface area contributed by atoms with Gasteiger partial charge in [0.2, 0.25) is 0 Å². The maximum Gasteiger partial charge on any atom is 0.0951 e. The van der Waals surface area contributed by atoms with Crippen LogP contribution in [0.25, 0.3) is 0 Å². The molecule has 0 radical (unpaired) electrons. The van der Waals surface area contributed by atoms with E-state index in [2.05, 4.69) is 40.7 Å². The number of rotatable bonds is 4. The minimum absolute atomic E-state index is 0.392. The number of hydrogen-bond acceptors (Lipinski definition) is 2. The van der Waals surface area contributed by atoms with Crippen molar-refractivity contribution in [1.82, 2.24) is 9.55 Å². The van der Waals surface area contributed by atoms with Gasteiger partial charge in [-0.05, 0) is 18.9 Å². The highest BCUT2D eigenvalue weighted by molar-refractivity contribution is 5.16. The quantitative estimate of drug-likeness (QED) is 0.849. The van der Waals surface area contributed by atoms with Crippen LogP contribution in [0.5, 0.6) is 0 Å². The zero-order valence-electron chi connectivity index (χ0n) is 9.50. The summed E-state index contributed by atoms with van der Waals surface area (Å²) < 4.78 is 2.15. The van der Waals surface area contributed by atoms with Crippen LogP contribution in [0.2, 0.25) is 0 Å². The van der Waals surface area contributed by atoms with Gasteiger partial charge in [0, 0.05) is 18.8 Å². The number of imidazole rings is 1. The molecule has 16 heavy (non-hydrogen) atoms. The van der Waals surface area contributed by atoms with Gasteiger partial charge in [-0.1, -0.05) is 30.3 Å². The maximum absolute atomic E-state index is 5.67. The lowest BCUT2D eigenvalue weighted by Crippen LogP contribution is -2.12. The van der Waals surface area contributed by atoms with Gasteiger partial charge in [-0.15, -0.1) is 0 Å². The molecular formula is C13H17N3. The molecule has 3 heteroatoms. The summed E-state index contributed by atoms with van der Waals surface area (Å²) in [6, 6.07) is 10.9. The Morgan fingerprint density at radius 2 is 2.06 bits per heavy atom. The topological polar surface area (TPSA) is 43.8 Å². The summed E-state index contributed by atoms with van der Waals surface area (Å²) in [6.07, 6.45) is 4.70. The van der Waals surface area contributed by atoms with Gasteiger partial charge in [0.25, 0.3) is 0 Å². The second kappa shape index (κ2) is 4.94. The standard InChI is InChI=1S/C13H17N3/c1-11(7-12-5-3-2-4-6-12)16-10-15-9-13(16)8-14/h2-6,9-11H,7-8,14H2,1H3. The first-order valence-electron chi connectivity index (χ1n) is 5.56. The Labute approximate surface area is 95.9 Å². The van der Waals surface area contributed by atoms with Crippen molar-refractivity contribution in [1.29, 1.82) is 0 Å². The van der Waals surface area contributed by atoms with Gasteiger partial charge in [0.05, 0.1) is 12.0 Å². The van der Waals surface area contributed by atoms with Crippen molar-refractivity contribution in [2.24, 2.45) is 5.73 Å². The van der Waals surface area contributed by atoms with E-state index in [-0.39, 0.29) is 0 Å². The van der Waals surface area contributed by atoms with Crippen molar-refractivity contribution >= 4 is 0 Å². The molecule has 1 heterocycles. The van der Waals surface area contributed by atoms with E-state index >= 15 is 0 Å². The molecule has 0 aliphatic carbocycles. The largest absolute Gasteiger partial charge is 0.330 e. The summed E-state index contributed by atoms with van der Waals surface area (Å²) >= 11 is 0. The van der Waals surface area contributed by atoms with Crippen molar-refractivity contribution in [3.63, 3.8) is 0 Å². The first-order valence-corrected chi connectivity index (χ1v) is 5.56. The molecule has 0 amide bonds. The van der Waals surface area contributed by atoms with E-state index in [0.29, 0.717) is 12.6 Å². The lowest BCUT2D eigenvalue weighted by Gasteiger charge is -2.15. The summed E-state index contributed by atoms with van der Waals surface area (Å²) in [4.78, 5) is 4.14. The van der Waals surface area contributed by atoms with Crippen molar-refractivity contribution in [3.05, 3.63) is 54.1 Å². The molecule has 84 valence electrons. The third-order valence-corrected chi connectivity index (χ3v) is 2.80. The molecule has 1 aromatic carbocycles. The normalized spacial score (nSPS) is 12.6. The average molecular weight is 215 g/mol. The van der Waals surface area contributed by atoms with E-state index in [1.54, 1.807) is 0 Å². The van der Waals surface area contributed by atoms with Gasteiger partial charge in [0.1, 0.15) is 0 Å². The second-order valence-corrected chi connectivity index (χ2v) is 4.04. The lowest BCUT2D eigenvalue weighted by atomic mass is 10.1. The molecular weight excluding hydrogens is 198 g/mol. The zero-order valence-corrected chi connectivity index (χ0v) is 9.50. The van der Waals surface area contributed by atoms with Gasteiger partial charge < -0.3 is 10.3 Å². The van der Waals surface area contributed by atoms with Crippen LogP contribution in [0.1, 0.15) is 24.2 Å². The molecule has 2 aromatic rings. The molecule has 3 nitrogen and oxygen atoms in total. The Bertz CT molecular complexity index is 433. The van der Waals surface area contributed by atoms with Gasteiger partial charge in [0.15, 0.2) is 0 Å². The third-order valence-electron chi connectivity index (χ3n) is 2.80. The van der Waals surface area contributed by atoms with Crippen LogP contribution in [0.15, 0.2) is 42.9 Å². The Hall–Kier alpha value is -1.61. The molecule has 0 fully saturated rings. The molecule has 2 N–H and O–H groups in total. The van der Waals surface area contributed by atoms with Crippen LogP contribution >= 0.6 is 0 Å². The monoisotopic (exact) mass is 215 g/mol.